The normalized spacial score (nSPS) is 28.0. The Balaban J connectivity index is 1.54. The lowest BCUT2D eigenvalue weighted by atomic mass is 9.95. The van der Waals surface area contributed by atoms with Crippen LogP contribution in [-0.2, 0) is 0 Å². The fourth-order valence-electron chi connectivity index (χ4n) is 4.95. The molecule has 0 bridgehead atoms. The van der Waals surface area contributed by atoms with Crippen LogP contribution < -0.4 is 5.32 Å². The van der Waals surface area contributed by atoms with Gasteiger partial charge in [-0.2, -0.15) is 0 Å². The summed E-state index contributed by atoms with van der Waals surface area (Å²) < 4.78 is 1.96. The van der Waals surface area contributed by atoms with Crippen LogP contribution in [0.15, 0.2) is 0 Å². The highest BCUT2D eigenvalue weighted by Crippen LogP contribution is 2.37. The highest BCUT2D eigenvalue weighted by Gasteiger charge is 2.41. The summed E-state index contributed by atoms with van der Waals surface area (Å²) in [5.74, 6) is 0.787. The van der Waals surface area contributed by atoms with Crippen LogP contribution >= 0.6 is 0 Å². The standard InChI is InChI=1S/C18H30N6O2/c25-12-15-10-11-16(23(15)18(26)19-13-6-4-5-7-13)17-20-21-22-24(17)14-8-2-1-3-9-14/h13-16,25H,1-12H2,(H,19,26)/t15-,16+/m0/s1. The summed E-state index contributed by atoms with van der Waals surface area (Å²) in [6.07, 6.45) is 11.9. The van der Waals surface area contributed by atoms with Gasteiger partial charge in [0, 0.05) is 6.04 Å². The Morgan fingerprint density at radius 1 is 1.04 bits per heavy atom. The zero-order valence-electron chi connectivity index (χ0n) is 15.4. The van der Waals surface area contributed by atoms with Crippen molar-refractivity contribution in [1.29, 1.82) is 0 Å². The Morgan fingerprint density at radius 2 is 1.77 bits per heavy atom. The van der Waals surface area contributed by atoms with Crippen molar-refractivity contribution in [2.75, 3.05) is 6.61 Å². The Morgan fingerprint density at radius 3 is 2.50 bits per heavy atom. The lowest BCUT2D eigenvalue weighted by Crippen LogP contribution is -2.48. The van der Waals surface area contributed by atoms with Crippen LogP contribution in [0.3, 0.4) is 0 Å². The van der Waals surface area contributed by atoms with Crippen LogP contribution in [0.1, 0.15) is 88.5 Å². The van der Waals surface area contributed by atoms with Crippen LogP contribution in [0.25, 0.3) is 0 Å². The molecule has 0 radical (unpaired) electrons. The Bertz CT molecular complexity index is 609. The van der Waals surface area contributed by atoms with E-state index < -0.39 is 0 Å². The number of likely N-dealkylation sites (tertiary alicyclic amines) is 1. The predicted octanol–water partition coefficient (Wildman–Crippen LogP) is 2.33. The molecule has 1 aliphatic heterocycles. The molecule has 2 heterocycles. The predicted molar refractivity (Wildman–Crippen MR) is 95.4 cm³/mol. The minimum absolute atomic E-state index is 0.0143. The smallest absolute Gasteiger partial charge is 0.318 e. The van der Waals surface area contributed by atoms with Gasteiger partial charge in [-0.1, -0.05) is 32.1 Å². The topological polar surface area (TPSA) is 96.2 Å². The van der Waals surface area contributed by atoms with Crippen molar-refractivity contribution in [3.8, 4) is 0 Å². The number of rotatable bonds is 4. The quantitative estimate of drug-likeness (QED) is 0.857. The SMILES string of the molecule is O=C(NC1CCCC1)N1[C@H](CO)CC[C@@H]1c1nnnn1C1CCCCC1. The van der Waals surface area contributed by atoms with E-state index in [1.807, 2.05) is 9.58 Å². The second kappa shape index (κ2) is 7.90. The van der Waals surface area contributed by atoms with E-state index in [1.54, 1.807) is 0 Å². The maximum Gasteiger partial charge on any atom is 0.318 e. The highest BCUT2D eigenvalue weighted by molar-refractivity contribution is 5.75. The number of amides is 2. The lowest BCUT2D eigenvalue weighted by molar-refractivity contribution is 0.130. The molecular weight excluding hydrogens is 332 g/mol. The zero-order chi connectivity index (χ0) is 17.9. The fourth-order valence-corrected chi connectivity index (χ4v) is 4.95. The van der Waals surface area contributed by atoms with Gasteiger partial charge in [0.15, 0.2) is 5.82 Å². The first-order valence-electron chi connectivity index (χ1n) is 10.3. The molecule has 26 heavy (non-hydrogen) atoms. The molecule has 3 fully saturated rings. The molecular formula is C18H30N6O2. The molecule has 1 saturated heterocycles. The van der Waals surface area contributed by atoms with Crippen LogP contribution in [0.5, 0.6) is 0 Å². The third kappa shape index (κ3) is 3.43. The van der Waals surface area contributed by atoms with E-state index in [0.29, 0.717) is 6.04 Å². The maximum atomic E-state index is 13.0. The number of aromatic nitrogens is 4. The molecule has 144 valence electrons. The van der Waals surface area contributed by atoms with Gasteiger partial charge >= 0.3 is 6.03 Å². The average Bonchev–Trinajstić information content (AvgIpc) is 3.41. The number of urea groups is 1. The Labute approximate surface area is 154 Å². The molecule has 1 aromatic rings. The fraction of sp³-hybridized carbons (Fsp3) is 0.889. The highest BCUT2D eigenvalue weighted by atomic mass is 16.3. The average molecular weight is 362 g/mol. The van der Waals surface area contributed by atoms with E-state index in [4.69, 9.17) is 0 Å². The second-order valence-corrected chi connectivity index (χ2v) is 8.04. The van der Waals surface area contributed by atoms with Crippen LogP contribution in [-0.4, -0.2) is 54.9 Å². The molecule has 8 heteroatoms. The van der Waals surface area contributed by atoms with E-state index in [1.165, 1.54) is 32.1 Å². The summed E-state index contributed by atoms with van der Waals surface area (Å²) in [7, 11) is 0. The molecule has 2 atom stereocenters. The number of aliphatic hydroxyl groups is 1. The largest absolute Gasteiger partial charge is 0.394 e. The first-order chi connectivity index (χ1) is 12.8. The molecule has 8 nitrogen and oxygen atoms in total. The van der Waals surface area contributed by atoms with E-state index in [0.717, 1.165) is 44.3 Å². The molecule has 2 amide bonds. The van der Waals surface area contributed by atoms with Crippen molar-refractivity contribution >= 4 is 6.03 Å². The molecule has 3 aliphatic rings. The van der Waals surface area contributed by atoms with Crippen molar-refractivity contribution < 1.29 is 9.90 Å². The first kappa shape index (κ1) is 17.7. The van der Waals surface area contributed by atoms with Gasteiger partial charge in [-0.25, -0.2) is 9.48 Å². The summed E-state index contributed by atoms with van der Waals surface area (Å²) in [4.78, 5) is 14.8. The number of carbonyl (C=O) groups is 1. The zero-order valence-corrected chi connectivity index (χ0v) is 15.4. The van der Waals surface area contributed by atoms with E-state index in [2.05, 4.69) is 20.8 Å². The monoisotopic (exact) mass is 362 g/mol. The number of aliphatic hydroxyl groups excluding tert-OH is 1. The molecule has 0 spiro atoms. The van der Waals surface area contributed by atoms with Crippen LogP contribution in [0, 0.1) is 0 Å². The van der Waals surface area contributed by atoms with Crippen molar-refractivity contribution in [2.45, 2.75) is 94.8 Å². The number of nitrogens with zero attached hydrogens (tertiary/aromatic N) is 5. The molecule has 0 aromatic carbocycles. The minimum Gasteiger partial charge on any atom is -0.394 e. The number of carbonyl (C=O) groups excluding carboxylic acids is 1. The van der Waals surface area contributed by atoms with Gasteiger partial charge < -0.3 is 15.3 Å². The van der Waals surface area contributed by atoms with Crippen molar-refractivity contribution in [3.63, 3.8) is 0 Å². The van der Waals surface area contributed by atoms with Crippen LogP contribution in [0.4, 0.5) is 4.79 Å². The Kier molecular flexibility index (Phi) is 5.38. The number of nitrogens with one attached hydrogen (secondary N) is 1. The van der Waals surface area contributed by atoms with Gasteiger partial charge in [0.25, 0.3) is 0 Å². The van der Waals surface area contributed by atoms with Crippen molar-refractivity contribution in [3.05, 3.63) is 5.82 Å². The molecule has 1 aromatic heterocycles. The lowest BCUT2D eigenvalue weighted by Gasteiger charge is -2.31. The third-order valence-corrected chi connectivity index (χ3v) is 6.37. The number of tetrazole rings is 1. The molecule has 2 saturated carbocycles. The summed E-state index contributed by atoms with van der Waals surface area (Å²) in [6.45, 7) is -0.0143. The van der Waals surface area contributed by atoms with Gasteiger partial charge in [-0.3, -0.25) is 0 Å². The van der Waals surface area contributed by atoms with Crippen molar-refractivity contribution in [2.24, 2.45) is 0 Å². The molecule has 2 aliphatic carbocycles. The summed E-state index contributed by atoms with van der Waals surface area (Å²) in [5, 5.41) is 25.5. The molecule has 0 unspecified atom stereocenters. The second-order valence-electron chi connectivity index (χ2n) is 8.04. The summed E-state index contributed by atoms with van der Waals surface area (Å²) in [5.41, 5.74) is 0. The molecule has 4 rings (SSSR count). The molecule has 2 N–H and O–H groups in total. The van der Waals surface area contributed by atoms with E-state index in [-0.39, 0.29) is 30.8 Å². The number of hydrogen-bond donors (Lipinski definition) is 2. The maximum absolute atomic E-state index is 13.0. The van der Waals surface area contributed by atoms with Gasteiger partial charge in [-0.05, 0) is 49.0 Å². The van der Waals surface area contributed by atoms with E-state index in [9.17, 15) is 9.90 Å². The van der Waals surface area contributed by atoms with Crippen molar-refractivity contribution in [1.82, 2.24) is 30.4 Å². The summed E-state index contributed by atoms with van der Waals surface area (Å²) >= 11 is 0. The van der Waals surface area contributed by atoms with Crippen LogP contribution in [0.2, 0.25) is 0 Å². The van der Waals surface area contributed by atoms with E-state index >= 15 is 0 Å². The first-order valence-corrected chi connectivity index (χ1v) is 10.3. The van der Waals surface area contributed by atoms with Gasteiger partial charge in [-0.15, -0.1) is 5.10 Å². The van der Waals surface area contributed by atoms with Gasteiger partial charge in [0.2, 0.25) is 0 Å². The number of hydrogen-bond acceptors (Lipinski definition) is 5. The summed E-state index contributed by atoms with van der Waals surface area (Å²) in [6, 6.07) is 0.221. The van der Waals surface area contributed by atoms with Gasteiger partial charge in [0.1, 0.15) is 0 Å². The minimum atomic E-state index is -0.155. The Hall–Kier alpha value is -1.70. The van der Waals surface area contributed by atoms with Gasteiger partial charge in [0.05, 0.1) is 24.7 Å². The third-order valence-electron chi connectivity index (χ3n) is 6.37.